The lowest BCUT2D eigenvalue weighted by molar-refractivity contribution is -0.120. The van der Waals surface area contributed by atoms with Crippen molar-refractivity contribution in [1.82, 2.24) is 20.5 Å². The fraction of sp³-hybridized carbons (Fsp3) is 0.176. The maximum Gasteiger partial charge on any atom is 0.257 e. The van der Waals surface area contributed by atoms with E-state index in [1.807, 2.05) is 17.0 Å². The zero-order valence-corrected chi connectivity index (χ0v) is 13.3. The summed E-state index contributed by atoms with van der Waals surface area (Å²) in [5.41, 5.74) is 1.81. The first-order valence-corrected chi connectivity index (χ1v) is 7.92. The van der Waals surface area contributed by atoms with Gasteiger partial charge >= 0.3 is 0 Å². The molecule has 8 nitrogen and oxygen atoms in total. The van der Waals surface area contributed by atoms with Crippen molar-refractivity contribution in [2.75, 3.05) is 29.9 Å². The smallest absolute Gasteiger partial charge is 0.257 e. The minimum Gasteiger partial charge on any atom is -0.353 e. The van der Waals surface area contributed by atoms with Crippen molar-refractivity contribution in [3.63, 3.8) is 0 Å². The Kier molecular flexibility index (Phi) is 3.77. The van der Waals surface area contributed by atoms with Crippen LogP contribution in [0.4, 0.5) is 11.5 Å². The number of nitrogens with one attached hydrogen (secondary N) is 3. The molecule has 0 spiro atoms. The van der Waals surface area contributed by atoms with Crippen LogP contribution in [-0.2, 0) is 4.79 Å². The molecule has 1 saturated heterocycles. The van der Waals surface area contributed by atoms with E-state index in [0.717, 1.165) is 5.39 Å². The van der Waals surface area contributed by atoms with Crippen LogP contribution in [0.25, 0.3) is 10.9 Å². The SMILES string of the molecule is O=C1CN(c2ccc(NC(=O)c3cccc4cn[nH]c34)cn2)CCN1. The number of aromatic amines is 1. The number of amides is 2. The summed E-state index contributed by atoms with van der Waals surface area (Å²) in [6.45, 7) is 1.61. The molecule has 1 aliphatic heterocycles. The molecule has 0 radical (unpaired) electrons. The average molecular weight is 336 g/mol. The predicted molar refractivity (Wildman–Crippen MR) is 93.5 cm³/mol. The molecule has 3 N–H and O–H groups in total. The molecule has 1 aromatic carbocycles. The second kappa shape index (κ2) is 6.23. The summed E-state index contributed by atoms with van der Waals surface area (Å²) < 4.78 is 0. The molecule has 8 heteroatoms. The van der Waals surface area contributed by atoms with E-state index in [9.17, 15) is 9.59 Å². The molecule has 126 valence electrons. The number of fused-ring (bicyclic) bond motifs is 1. The minimum absolute atomic E-state index is 0.0157. The monoisotopic (exact) mass is 336 g/mol. The summed E-state index contributed by atoms with van der Waals surface area (Å²) >= 11 is 0. The van der Waals surface area contributed by atoms with Crippen molar-refractivity contribution in [1.29, 1.82) is 0 Å². The lowest BCUT2D eigenvalue weighted by Gasteiger charge is -2.27. The number of nitrogens with zero attached hydrogens (tertiary/aromatic N) is 3. The van der Waals surface area contributed by atoms with E-state index in [-0.39, 0.29) is 11.8 Å². The average Bonchev–Trinajstić information content (AvgIpc) is 3.11. The van der Waals surface area contributed by atoms with E-state index in [4.69, 9.17) is 0 Å². The summed E-state index contributed by atoms with van der Waals surface area (Å²) in [4.78, 5) is 30.2. The van der Waals surface area contributed by atoms with E-state index in [1.54, 1.807) is 30.6 Å². The van der Waals surface area contributed by atoms with Crippen LogP contribution in [-0.4, -0.2) is 46.6 Å². The summed E-state index contributed by atoms with van der Waals surface area (Å²) in [5.74, 6) is 0.461. The van der Waals surface area contributed by atoms with E-state index in [1.165, 1.54) is 0 Å². The Morgan fingerprint density at radius 2 is 2.12 bits per heavy atom. The van der Waals surface area contributed by atoms with Crippen molar-refractivity contribution in [2.45, 2.75) is 0 Å². The Morgan fingerprint density at radius 3 is 2.92 bits per heavy atom. The van der Waals surface area contributed by atoms with Crippen molar-refractivity contribution in [2.24, 2.45) is 0 Å². The zero-order chi connectivity index (χ0) is 17.2. The van der Waals surface area contributed by atoms with Gasteiger partial charge in [0.1, 0.15) is 5.82 Å². The van der Waals surface area contributed by atoms with Crippen LogP contribution in [0.2, 0.25) is 0 Å². The summed E-state index contributed by atoms with van der Waals surface area (Å²) in [6.07, 6.45) is 3.27. The maximum atomic E-state index is 12.5. The number of rotatable bonds is 3. The van der Waals surface area contributed by atoms with Gasteiger partial charge in [-0.2, -0.15) is 5.10 Å². The Balaban J connectivity index is 1.50. The predicted octanol–water partition coefficient (Wildman–Crippen LogP) is 1.15. The lowest BCUT2D eigenvalue weighted by atomic mass is 10.1. The van der Waals surface area contributed by atoms with Gasteiger partial charge in [0.05, 0.1) is 35.7 Å². The number of benzene rings is 1. The molecule has 0 unspecified atom stereocenters. The van der Waals surface area contributed by atoms with Gasteiger partial charge in [-0.3, -0.25) is 14.7 Å². The molecule has 2 aromatic heterocycles. The van der Waals surface area contributed by atoms with E-state index >= 15 is 0 Å². The van der Waals surface area contributed by atoms with E-state index in [0.29, 0.717) is 42.2 Å². The molecule has 0 aliphatic carbocycles. The number of aromatic nitrogens is 3. The number of hydrogen-bond acceptors (Lipinski definition) is 5. The van der Waals surface area contributed by atoms with Gasteiger partial charge in [-0.15, -0.1) is 0 Å². The van der Waals surface area contributed by atoms with Crippen molar-refractivity contribution < 1.29 is 9.59 Å². The molecule has 25 heavy (non-hydrogen) atoms. The number of hydrogen-bond donors (Lipinski definition) is 3. The summed E-state index contributed by atoms with van der Waals surface area (Å²) in [7, 11) is 0. The molecule has 3 heterocycles. The van der Waals surface area contributed by atoms with Crippen molar-refractivity contribution in [3.05, 3.63) is 48.3 Å². The molecule has 2 amide bonds. The highest BCUT2D eigenvalue weighted by Crippen LogP contribution is 2.19. The molecule has 4 rings (SSSR count). The Morgan fingerprint density at radius 1 is 1.20 bits per heavy atom. The highest BCUT2D eigenvalue weighted by Gasteiger charge is 2.17. The van der Waals surface area contributed by atoms with Crippen LogP contribution >= 0.6 is 0 Å². The molecule has 1 aliphatic rings. The topological polar surface area (TPSA) is 103 Å². The number of carbonyl (C=O) groups excluding carboxylic acids is 2. The molecule has 0 bridgehead atoms. The van der Waals surface area contributed by atoms with Gasteiger partial charge in [-0.05, 0) is 18.2 Å². The van der Waals surface area contributed by atoms with E-state index < -0.39 is 0 Å². The number of para-hydroxylation sites is 1. The second-order valence-corrected chi connectivity index (χ2v) is 5.77. The van der Waals surface area contributed by atoms with Crippen LogP contribution in [0.1, 0.15) is 10.4 Å². The third-order valence-corrected chi connectivity index (χ3v) is 4.09. The Labute approximate surface area is 143 Å². The van der Waals surface area contributed by atoms with Crippen LogP contribution < -0.4 is 15.5 Å². The Hall–Kier alpha value is -3.42. The first kappa shape index (κ1) is 15.1. The second-order valence-electron chi connectivity index (χ2n) is 5.77. The van der Waals surface area contributed by atoms with Gasteiger partial charge in [0, 0.05) is 18.5 Å². The fourth-order valence-electron chi connectivity index (χ4n) is 2.84. The standard InChI is InChI=1S/C17H16N6O2/c24-15-10-23(7-6-18-15)14-5-4-12(9-19-14)21-17(25)13-3-1-2-11-8-20-22-16(11)13/h1-5,8-9H,6-7,10H2,(H,18,24)(H,20,22)(H,21,25). The maximum absolute atomic E-state index is 12.5. The molecule has 1 fully saturated rings. The van der Waals surface area contributed by atoms with E-state index in [2.05, 4.69) is 25.8 Å². The highest BCUT2D eigenvalue weighted by atomic mass is 16.2. The third kappa shape index (κ3) is 3.01. The Bertz CT molecular complexity index is 934. The number of H-pyrrole nitrogens is 1. The van der Waals surface area contributed by atoms with Gasteiger partial charge in [0.15, 0.2) is 0 Å². The highest BCUT2D eigenvalue weighted by molar-refractivity contribution is 6.11. The largest absolute Gasteiger partial charge is 0.353 e. The summed E-state index contributed by atoms with van der Waals surface area (Å²) in [5, 5.41) is 13.3. The van der Waals surface area contributed by atoms with Crippen LogP contribution in [0.15, 0.2) is 42.7 Å². The van der Waals surface area contributed by atoms with Crippen LogP contribution in [0.3, 0.4) is 0 Å². The number of piperazine rings is 1. The van der Waals surface area contributed by atoms with Gasteiger partial charge in [0.25, 0.3) is 5.91 Å². The quantitative estimate of drug-likeness (QED) is 0.666. The third-order valence-electron chi connectivity index (χ3n) is 4.09. The molecule has 0 atom stereocenters. The van der Waals surface area contributed by atoms with Gasteiger partial charge in [0.2, 0.25) is 5.91 Å². The molecule has 3 aromatic rings. The fourth-order valence-corrected chi connectivity index (χ4v) is 2.84. The van der Waals surface area contributed by atoms with Crippen molar-refractivity contribution in [3.8, 4) is 0 Å². The van der Waals surface area contributed by atoms with Crippen LogP contribution in [0.5, 0.6) is 0 Å². The van der Waals surface area contributed by atoms with Gasteiger partial charge in [-0.25, -0.2) is 4.98 Å². The molecule has 0 saturated carbocycles. The minimum atomic E-state index is -0.234. The first-order chi connectivity index (χ1) is 12.2. The number of carbonyl (C=O) groups is 2. The summed E-state index contributed by atoms with van der Waals surface area (Å²) in [6, 6.07) is 9.02. The molecular formula is C17H16N6O2. The number of anilines is 2. The van der Waals surface area contributed by atoms with Gasteiger partial charge in [-0.1, -0.05) is 12.1 Å². The van der Waals surface area contributed by atoms with Crippen molar-refractivity contribution >= 4 is 34.2 Å². The number of pyridine rings is 1. The van der Waals surface area contributed by atoms with Gasteiger partial charge < -0.3 is 15.5 Å². The zero-order valence-electron chi connectivity index (χ0n) is 13.3. The molecular weight excluding hydrogens is 320 g/mol. The van der Waals surface area contributed by atoms with Crippen LogP contribution in [0, 0.1) is 0 Å². The lowest BCUT2D eigenvalue weighted by Crippen LogP contribution is -2.48. The first-order valence-electron chi connectivity index (χ1n) is 7.92. The normalized spacial score (nSPS) is 14.4.